The van der Waals surface area contributed by atoms with E-state index in [1.807, 2.05) is 48.5 Å². The number of hydrogen-bond donors (Lipinski definition) is 0. The van der Waals surface area contributed by atoms with Gasteiger partial charge in [0.1, 0.15) is 12.4 Å². The molecule has 132 valence electrons. The highest BCUT2D eigenvalue weighted by Crippen LogP contribution is 2.30. The van der Waals surface area contributed by atoms with Gasteiger partial charge in [0.15, 0.2) is 0 Å². The van der Waals surface area contributed by atoms with Crippen molar-refractivity contribution >= 4 is 17.7 Å². The van der Waals surface area contributed by atoms with E-state index in [1.54, 1.807) is 11.0 Å². The molecule has 0 N–H and O–H groups in total. The molecule has 0 aliphatic carbocycles. The zero-order valence-corrected chi connectivity index (χ0v) is 14.8. The molecule has 1 aliphatic heterocycles. The number of aromatic nitrogens is 1. The molecule has 5 nitrogen and oxygen atoms in total. The van der Waals surface area contributed by atoms with Crippen LogP contribution in [0.25, 0.3) is 11.5 Å². The van der Waals surface area contributed by atoms with Gasteiger partial charge in [-0.1, -0.05) is 54.1 Å². The quantitative estimate of drug-likeness (QED) is 0.673. The lowest BCUT2D eigenvalue weighted by atomic mass is 10.2. The second kappa shape index (κ2) is 7.22. The highest BCUT2D eigenvalue weighted by atomic mass is 35.5. The minimum atomic E-state index is -0.352. The first-order chi connectivity index (χ1) is 12.7. The summed E-state index contributed by atoms with van der Waals surface area (Å²) in [6.45, 7) is 1.15. The van der Waals surface area contributed by atoms with Gasteiger partial charge in [0.25, 0.3) is 0 Å². The summed E-state index contributed by atoms with van der Waals surface area (Å²) >= 11 is 6.22. The average molecular weight is 369 g/mol. The van der Waals surface area contributed by atoms with Crippen LogP contribution in [0, 0.1) is 0 Å². The van der Waals surface area contributed by atoms with E-state index in [0.717, 1.165) is 16.8 Å². The molecule has 3 aromatic rings. The summed E-state index contributed by atoms with van der Waals surface area (Å²) in [5.41, 5.74) is 2.58. The number of carbonyl (C=O) groups is 1. The van der Waals surface area contributed by atoms with Crippen molar-refractivity contribution in [2.75, 3.05) is 6.54 Å². The maximum absolute atomic E-state index is 12.3. The van der Waals surface area contributed by atoms with Crippen molar-refractivity contribution in [1.82, 2.24) is 9.88 Å². The van der Waals surface area contributed by atoms with Crippen LogP contribution in [-0.4, -0.2) is 22.5 Å². The van der Waals surface area contributed by atoms with Crippen LogP contribution in [0.3, 0.4) is 0 Å². The number of hydrogen-bond acceptors (Lipinski definition) is 4. The Morgan fingerprint density at radius 1 is 1.15 bits per heavy atom. The molecule has 0 saturated carbocycles. The summed E-state index contributed by atoms with van der Waals surface area (Å²) < 4.78 is 11.3. The molecule has 2 aromatic carbocycles. The number of nitrogens with zero attached hydrogens (tertiary/aromatic N) is 2. The van der Waals surface area contributed by atoms with E-state index < -0.39 is 0 Å². The average Bonchev–Trinajstić information content (AvgIpc) is 3.10. The van der Waals surface area contributed by atoms with Crippen molar-refractivity contribution in [2.24, 2.45) is 0 Å². The van der Waals surface area contributed by atoms with Gasteiger partial charge in [-0.3, -0.25) is 0 Å². The number of oxazole rings is 1. The predicted octanol–water partition coefficient (Wildman–Crippen LogP) is 4.69. The van der Waals surface area contributed by atoms with E-state index >= 15 is 0 Å². The molecule has 1 aliphatic rings. The molecule has 0 radical (unpaired) electrons. The fraction of sp³-hybridized carbons (Fsp3) is 0.200. The second-order valence-corrected chi connectivity index (χ2v) is 6.49. The van der Waals surface area contributed by atoms with Crippen LogP contribution in [0.1, 0.15) is 17.0 Å². The highest BCUT2D eigenvalue weighted by Gasteiger charge is 2.27. The predicted molar refractivity (Wildman–Crippen MR) is 97.7 cm³/mol. The van der Waals surface area contributed by atoms with Crippen LogP contribution >= 0.6 is 11.6 Å². The van der Waals surface area contributed by atoms with Crippen molar-refractivity contribution in [3.63, 3.8) is 0 Å². The minimum Gasteiger partial charge on any atom is -0.445 e. The van der Waals surface area contributed by atoms with Crippen molar-refractivity contribution in [3.05, 3.63) is 76.6 Å². The Kier molecular flexibility index (Phi) is 4.63. The van der Waals surface area contributed by atoms with Crippen LogP contribution in [0.2, 0.25) is 5.02 Å². The minimum absolute atomic E-state index is 0.254. The standard InChI is InChI=1S/C20H17ClN2O3/c21-16-9-5-4-8-15(16)19-22-17-10-11-23(12-18(17)26-19)20(24)25-13-14-6-2-1-3-7-14/h1-9H,10-13H2. The van der Waals surface area contributed by atoms with E-state index in [1.165, 1.54) is 0 Å². The van der Waals surface area contributed by atoms with Gasteiger partial charge in [-0.2, -0.15) is 0 Å². The van der Waals surface area contributed by atoms with Gasteiger partial charge in [-0.15, -0.1) is 0 Å². The second-order valence-electron chi connectivity index (χ2n) is 6.08. The summed E-state index contributed by atoms with van der Waals surface area (Å²) in [6.07, 6.45) is 0.277. The molecule has 0 unspecified atom stereocenters. The van der Waals surface area contributed by atoms with E-state index in [2.05, 4.69) is 4.98 Å². The Hall–Kier alpha value is -2.79. The number of fused-ring (bicyclic) bond motifs is 1. The monoisotopic (exact) mass is 368 g/mol. The van der Waals surface area contributed by atoms with Crippen LogP contribution in [0.4, 0.5) is 4.79 Å². The zero-order chi connectivity index (χ0) is 17.9. The Balaban J connectivity index is 1.44. The third-order valence-electron chi connectivity index (χ3n) is 4.30. The van der Waals surface area contributed by atoms with Gasteiger partial charge in [0.2, 0.25) is 5.89 Å². The molecule has 4 rings (SSSR count). The van der Waals surface area contributed by atoms with Crippen LogP contribution in [0.15, 0.2) is 59.0 Å². The van der Waals surface area contributed by atoms with Gasteiger partial charge in [-0.05, 0) is 17.7 Å². The van der Waals surface area contributed by atoms with E-state index in [-0.39, 0.29) is 12.7 Å². The summed E-state index contributed by atoms with van der Waals surface area (Å²) in [5.74, 6) is 1.17. The van der Waals surface area contributed by atoms with Gasteiger partial charge < -0.3 is 14.1 Å². The number of ether oxygens (including phenoxy) is 1. The first-order valence-corrected chi connectivity index (χ1v) is 8.77. The first kappa shape index (κ1) is 16.7. The summed E-state index contributed by atoms with van der Waals surface area (Å²) in [5, 5.41) is 0.588. The molecule has 0 atom stereocenters. The van der Waals surface area contributed by atoms with Crippen LogP contribution in [-0.2, 0) is 24.3 Å². The molecule has 1 aromatic heterocycles. The Morgan fingerprint density at radius 2 is 1.92 bits per heavy atom. The topological polar surface area (TPSA) is 55.6 Å². The third-order valence-corrected chi connectivity index (χ3v) is 4.63. The molecule has 26 heavy (non-hydrogen) atoms. The van der Waals surface area contributed by atoms with Gasteiger partial charge in [0, 0.05) is 13.0 Å². The van der Waals surface area contributed by atoms with Crippen molar-refractivity contribution in [2.45, 2.75) is 19.6 Å². The smallest absolute Gasteiger partial charge is 0.410 e. The number of amides is 1. The molecule has 0 saturated heterocycles. The Labute approximate surface area is 156 Å². The summed E-state index contributed by atoms with van der Waals surface area (Å²) in [6, 6.07) is 17.0. The fourth-order valence-electron chi connectivity index (χ4n) is 2.91. The number of benzene rings is 2. The van der Waals surface area contributed by atoms with Gasteiger partial charge in [0.05, 0.1) is 22.8 Å². The molecular weight excluding hydrogens is 352 g/mol. The van der Waals surface area contributed by atoms with E-state index in [9.17, 15) is 4.79 Å². The van der Waals surface area contributed by atoms with Crippen molar-refractivity contribution in [1.29, 1.82) is 0 Å². The number of rotatable bonds is 3. The maximum atomic E-state index is 12.3. The molecule has 0 spiro atoms. The number of halogens is 1. The Morgan fingerprint density at radius 3 is 2.73 bits per heavy atom. The molecule has 2 heterocycles. The van der Waals surface area contributed by atoms with Crippen molar-refractivity contribution < 1.29 is 13.9 Å². The molecule has 1 amide bonds. The van der Waals surface area contributed by atoms with E-state index in [4.69, 9.17) is 20.8 Å². The van der Waals surface area contributed by atoms with Crippen LogP contribution in [0.5, 0.6) is 0 Å². The van der Waals surface area contributed by atoms with Gasteiger partial charge in [-0.25, -0.2) is 9.78 Å². The normalized spacial score (nSPS) is 13.3. The highest BCUT2D eigenvalue weighted by molar-refractivity contribution is 6.33. The SMILES string of the molecule is O=C(OCc1ccccc1)N1CCc2nc(-c3ccccc3Cl)oc2C1. The lowest BCUT2D eigenvalue weighted by Crippen LogP contribution is -2.36. The first-order valence-electron chi connectivity index (χ1n) is 8.40. The fourth-order valence-corrected chi connectivity index (χ4v) is 3.13. The molecule has 0 bridgehead atoms. The maximum Gasteiger partial charge on any atom is 0.410 e. The molecule has 6 heteroatoms. The lowest BCUT2D eigenvalue weighted by Gasteiger charge is -2.24. The lowest BCUT2D eigenvalue weighted by molar-refractivity contribution is 0.0887. The van der Waals surface area contributed by atoms with Crippen molar-refractivity contribution in [3.8, 4) is 11.5 Å². The van der Waals surface area contributed by atoms with Gasteiger partial charge >= 0.3 is 6.09 Å². The molecular formula is C20H17ClN2O3. The van der Waals surface area contributed by atoms with Crippen LogP contribution < -0.4 is 0 Å². The summed E-state index contributed by atoms with van der Waals surface area (Å²) in [4.78, 5) is 18.5. The molecule has 0 fully saturated rings. The summed E-state index contributed by atoms with van der Waals surface area (Å²) in [7, 11) is 0. The largest absolute Gasteiger partial charge is 0.445 e. The zero-order valence-electron chi connectivity index (χ0n) is 14.0. The van der Waals surface area contributed by atoms with E-state index in [0.29, 0.717) is 36.2 Å². The Bertz CT molecular complexity index is 924. The third kappa shape index (κ3) is 3.44. The number of carbonyl (C=O) groups excluding carboxylic acids is 1.